The van der Waals surface area contributed by atoms with Crippen molar-refractivity contribution in [2.24, 2.45) is 5.73 Å². The van der Waals surface area contributed by atoms with Gasteiger partial charge in [0.15, 0.2) is 0 Å². The van der Waals surface area contributed by atoms with Crippen molar-refractivity contribution in [3.8, 4) is 0 Å². The maximum atomic E-state index is 8.99. The molecule has 0 unspecified atom stereocenters. The Morgan fingerprint density at radius 3 is 1.39 bits per heavy atom. The maximum Gasteiger partial charge on any atom is 0.311 e. The second-order valence-electron chi connectivity index (χ2n) is 3.78. The molecule has 0 aromatic heterocycles. The van der Waals surface area contributed by atoms with E-state index < -0.39 is 5.37 Å². The molecule has 2 rings (SSSR count). The van der Waals surface area contributed by atoms with Crippen molar-refractivity contribution in [3.63, 3.8) is 0 Å². The number of hydrogen-bond acceptors (Lipinski definition) is 1. The Morgan fingerprint density at radius 2 is 1.11 bits per heavy atom. The molecule has 2 aromatic rings. The van der Waals surface area contributed by atoms with E-state index in [0.29, 0.717) is 0 Å². The Labute approximate surface area is 112 Å². The highest BCUT2D eigenvalue weighted by Crippen LogP contribution is 2.06. The van der Waals surface area contributed by atoms with Crippen molar-refractivity contribution in [1.82, 2.24) is 0 Å². The summed E-state index contributed by atoms with van der Waals surface area (Å²) in [6.45, 7) is 0. The van der Waals surface area contributed by atoms with Crippen molar-refractivity contribution >= 4 is 17.0 Å². The highest BCUT2D eigenvalue weighted by atomic mass is 35.5. The first-order chi connectivity index (χ1) is 8.68. The average molecular weight is 262 g/mol. The van der Waals surface area contributed by atoms with Crippen molar-refractivity contribution in [1.29, 1.82) is 0 Å². The molecule has 2 nitrogen and oxygen atoms in total. The van der Waals surface area contributed by atoms with E-state index in [0.717, 1.165) is 12.8 Å². The second kappa shape index (κ2) is 8.31. The Kier molecular flexibility index (Phi) is 6.59. The van der Waals surface area contributed by atoms with Crippen LogP contribution >= 0.6 is 11.6 Å². The van der Waals surface area contributed by atoms with Gasteiger partial charge in [0.2, 0.25) is 0 Å². The van der Waals surface area contributed by atoms with Crippen LogP contribution in [-0.4, -0.2) is 5.37 Å². The van der Waals surface area contributed by atoms with Crippen molar-refractivity contribution < 1.29 is 4.79 Å². The molecule has 0 aliphatic rings. The van der Waals surface area contributed by atoms with Crippen LogP contribution in [0.2, 0.25) is 0 Å². The molecule has 0 fully saturated rings. The number of amides is 1. The van der Waals surface area contributed by atoms with Gasteiger partial charge in [0.05, 0.1) is 0 Å². The van der Waals surface area contributed by atoms with Crippen molar-refractivity contribution in [2.75, 3.05) is 0 Å². The number of aryl methyl sites for hydroxylation is 2. The Balaban J connectivity index is 0.000000357. The predicted octanol–water partition coefficient (Wildman–Crippen LogP) is 3.78. The molecule has 2 aromatic carbocycles. The maximum absolute atomic E-state index is 8.99. The van der Waals surface area contributed by atoms with Gasteiger partial charge in [-0.3, -0.25) is 4.79 Å². The predicted molar refractivity (Wildman–Crippen MR) is 75.7 cm³/mol. The third-order valence-corrected chi connectivity index (χ3v) is 2.39. The molecule has 0 heterocycles. The van der Waals surface area contributed by atoms with E-state index in [1.807, 2.05) is 0 Å². The number of hydrogen-bond donors (Lipinski definition) is 1. The lowest BCUT2D eigenvalue weighted by molar-refractivity contribution is 0.266. The van der Waals surface area contributed by atoms with Gasteiger partial charge in [-0.1, -0.05) is 60.7 Å². The van der Waals surface area contributed by atoms with Gasteiger partial charge in [-0.25, -0.2) is 0 Å². The number of carbonyl (C=O) groups excluding carboxylic acids is 1. The molecule has 0 aliphatic carbocycles. The summed E-state index contributed by atoms with van der Waals surface area (Å²) >= 11 is 4.41. The molecule has 94 valence electrons. The van der Waals surface area contributed by atoms with Crippen LogP contribution in [0.5, 0.6) is 0 Å². The molecule has 3 heteroatoms. The van der Waals surface area contributed by atoms with E-state index in [9.17, 15) is 0 Å². The molecule has 1 amide bonds. The third-order valence-electron chi connectivity index (χ3n) is 2.39. The monoisotopic (exact) mass is 261 g/mol. The van der Waals surface area contributed by atoms with Gasteiger partial charge in [-0.2, -0.15) is 0 Å². The number of carbonyl (C=O) groups is 1. The van der Waals surface area contributed by atoms with Gasteiger partial charge in [0.25, 0.3) is 0 Å². The molecular formula is C15H16ClNO. The minimum atomic E-state index is -0.861. The summed E-state index contributed by atoms with van der Waals surface area (Å²) in [5.41, 5.74) is 7.06. The van der Waals surface area contributed by atoms with Crippen LogP contribution in [0.25, 0.3) is 0 Å². The Morgan fingerprint density at radius 1 is 0.833 bits per heavy atom. The van der Waals surface area contributed by atoms with Crippen LogP contribution in [0.15, 0.2) is 60.7 Å². The molecule has 18 heavy (non-hydrogen) atoms. The van der Waals surface area contributed by atoms with Gasteiger partial charge in [-0.15, -0.1) is 0 Å². The zero-order valence-electron chi connectivity index (χ0n) is 10.1. The summed E-state index contributed by atoms with van der Waals surface area (Å²) in [4.78, 5) is 8.99. The van der Waals surface area contributed by atoms with E-state index in [4.69, 9.17) is 4.79 Å². The van der Waals surface area contributed by atoms with Crippen molar-refractivity contribution in [2.45, 2.75) is 12.8 Å². The third kappa shape index (κ3) is 6.71. The standard InChI is InChI=1S/C14H14.CH2ClNO/c1-3-7-13(8-4-1)11-12-14-9-5-2-6-10-14;2-1(3)4/h1-10H,11-12H2;(H2,3,4). The van der Waals surface area contributed by atoms with Crippen molar-refractivity contribution in [3.05, 3.63) is 71.8 Å². The smallest absolute Gasteiger partial charge is 0.311 e. The summed E-state index contributed by atoms with van der Waals surface area (Å²) in [7, 11) is 0. The molecule has 0 spiro atoms. The number of primary amides is 1. The fraction of sp³-hybridized carbons (Fsp3) is 0.133. The first-order valence-corrected chi connectivity index (χ1v) is 6.09. The number of benzene rings is 2. The van der Waals surface area contributed by atoms with Crippen LogP contribution in [0.4, 0.5) is 4.79 Å². The molecule has 0 saturated heterocycles. The van der Waals surface area contributed by atoms with E-state index in [1.165, 1.54) is 11.1 Å². The molecule has 2 N–H and O–H groups in total. The Bertz CT molecular complexity index is 413. The highest BCUT2D eigenvalue weighted by molar-refractivity contribution is 6.62. The van der Waals surface area contributed by atoms with E-state index in [-0.39, 0.29) is 0 Å². The van der Waals surface area contributed by atoms with Gasteiger partial charge < -0.3 is 5.73 Å². The van der Waals surface area contributed by atoms with Crippen LogP contribution < -0.4 is 5.73 Å². The molecule has 0 atom stereocenters. The zero-order chi connectivity index (χ0) is 13.2. The summed E-state index contributed by atoms with van der Waals surface area (Å²) < 4.78 is 0. The molecule has 0 radical (unpaired) electrons. The first kappa shape index (κ1) is 14.3. The topological polar surface area (TPSA) is 43.1 Å². The largest absolute Gasteiger partial charge is 0.356 e. The lowest BCUT2D eigenvalue weighted by Gasteiger charge is -2.01. The lowest BCUT2D eigenvalue weighted by atomic mass is 10.0. The van der Waals surface area contributed by atoms with Gasteiger partial charge >= 0.3 is 5.37 Å². The minimum absolute atomic E-state index is 0.861. The van der Waals surface area contributed by atoms with Crippen LogP contribution in [0, 0.1) is 0 Å². The molecule has 0 saturated carbocycles. The van der Waals surface area contributed by atoms with E-state index in [2.05, 4.69) is 78.0 Å². The SMILES string of the molecule is NC(=O)Cl.c1ccc(CCc2ccccc2)cc1. The van der Waals surface area contributed by atoms with Gasteiger partial charge in [0.1, 0.15) is 0 Å². The quantitative estimate of drug-likeness (QED) is 0.663. The molecule has 0 aliphatic heterocycles. The minimum Gasteiger partial charge on any atom is -0.356 e. The summed E-state index contributed by atoms with van der Waals surface area (Å²) in [6.07, 6.45) is 2.26. The van der Waals surface area contributed by atoms with Crippen LogP contribution in [0.3, 0.4) is 0 Å². The molecule has 0 bridgehead atoms. The van der Waals surface area contributed by atoms with Crippen LogP contribution in [-0.2, 0) is 12.8 Å². The molecular weight excluding hydrogens is 246 g/mol. The van der Waals surface area contributed by atoms with E-state index >= 15 is 0 Å². The van der Waals surface area contributed by atoms with Crippen LogP contribution in [0.1, 0.15) is 11.1 Å². The first-order valence-electron chi connectivity index (χ1n) is 5.71. The number of rotatable bonds is 3. The summed E-state index contributed by atoms with van der Waals surface area (Å²) in [6, 6.07) is 21.2. The van der Waals surface area contributed by atoms with Gasteiger partial charge in [-0.05, 0) is 35.6 Å². The summed E-state index contributed by atoms with van der Waals surface area (Å²) in [5, 5.41) is -0.861. The van der Waals surface area contributed by atoms with E-state index in [1.54, 1.807) is 0 Å². The lowest BCUT2D eigenvalue weighted by Crippen LogP contribution is -1.94. The Hall–Kier alpha value is -1.80. The zero-order valence-corrected chi connectivity index (χ0v) is 10.8. The average Bonchev–Trinajstić information content (AvgIpc) is 2.38. The fourth-order valence-electron chi connectivity index (χ4n) is 1.58. The number of nitrogens with two attached hydrogens (primary N) is 1. The summed E-state index contributed by atoms with van der Waals surface area (Å²) in [5.74, 6) is 0. The second-order valence-corrected chi connectivity index (χ2v) is 4.15. The fourth-order valence-corrected chi connectivity index (χ4v) is 1.58. The highest BCUT2D eigenvalue weighted by Gasteiger charge is 1.93. The number of halogens is 1. The van der Waals surface area contributed by atoms with Gasteiger partial charge in [0, 0.05) is 0 Å². The normalized spacial score (nSPS) is 9.17.